The van der Waals surface area contributed by atoms with E-state index in [-0.39, 0.29) is 16.1 Å². The van der Waals surface area contributed by atoms with Crippen molar-refractivity contribution in [3.63, 3.8) is 0 Å². The number of nitrogen functional groups attached to an aromatic ring is 1. The van der Waals surface area contributed by atoms with Crippen LogP contribution in [0.25, 0.3) is 5.57 Å². The van der Waals surface area contributed by atoms with Gasteiger partial charge in [-0.2, -0.15) is 4.31 Å². The molecule has 172 valence electrons. The van der Waals surface area contributed by atoms with Gasteiger partial charge in [-0.05, 0) is 67.9 Å². The molecule has 0 bridgehead atoms. The molecular formula is C21H27N5O4S2. The van der Waals surface area contributed by atoms with E-state index in [4.69, 9.17) is 10.9 Å². The highest BCUT2D eigenvalue weighted by atomic mass is 32.2. The fourth-order valence-corrected chi connectivity index (χ4v) is 6.12. The van der Waals surface area contributed by atoms with Crippen LogP contribution in [0.5, 0.6) is 0 Å². The summed E-state index contributed by atoms with van der Waals surface area (Å²) in [5, 5.41) is 4.93. The van der Waals surface area contributed by atoms with Crippen LogP contribution in [-0.2, 0) is 32.9 Å². The molecule has 1 saturated carbocycles. The summed E-state index contributed by atoms with van der Waals surface area (Å²) in [6.07, 6.45) is 6.28. The summed E-state index contributed by atoms with van der Waals surface area (Å²) in [6.45, 7) is 0.820. The predicted octanol–water partition coefficient (Wildman–Crippen LogP) is 1.46. The normalized spacial score (nSPS) is 17.8. The quantitative estimate of drug-likeness (QED) is 0.584. The predicted molar refractivity (Wildman–Crippen MR) is 122 cm³/mol. The fourth-order valence-electron chi connectivity index (χ4n) is 3.82. The molecule has 1 aliphatic heterocycles. The Kier molecular flexibility index (Phi) is 6.35. The lowest BCUT2D eigenvalue weighted by Crippen LogP contribution is -2.37. The van der Waals surface area contributed by atoms with Gasteiger partial charge in [-0.15, -0.1) is 0 Å². The molecule has 1 aromatic heterocycles. The zero-order valence-corrected chi connectivity index (χ0v) is 19.3. The molecule has 0 unspecified atom stereocenters. The third-order valence-electron chi connectivity index (χ3n) is 5.75. The first-order valence-corrected chi connectivity index (χ1v) is 13.6. The number of anilines is 1. The molecule has 32 heavy (non-hydrogen) atoms. The molecule has 0 atom stereocenters. The van der Waals surface area contributed by atoms with Crippen molar-refractivity contribution < 1.29 is 16.8 Å². The average Bonchev–Trinajstić information content (AvgIpc) is 3.59. The summed E-state index contributed by atoms with van der Waals surface area (Å²) in [5.41, 5.74) is 9.49. The minimum absolute atomic E-state index is 0.0960. The van der Waals surface area contributed by atoms with E-state index in [0.717, 1.165) is 48.2 Å². The van der Waals surface area contributed by atoms with Crippen LogP contribution in [0.15, 0.2) is 41.3 Å². The van der Waals surface area contributed by atoms with Crippen LogP contribution in [0.4, 0.5) is 5.95 Å². The van der Waals surface area contributed by atoms with Crippen molar-refractivity contribution in [3.8, 4) is 0 Å². The van der Waals surface area contributed by atoms with Gasteiger partial charge in [-0.3, -0.25) is 0 Å². The van der Waals surface area contributed by atoms with Gasteiger partial charge in [-0.25, -0.2) is 31.9 Å². The lowest BCUT2D eigenvalue weighted by Gasteiger charge is -2.25. The maximum Gasteiger partial charge on any atom is 0.238 e. The Labute approximate surface area is 188 Å². The number of aromatic nitrogens is 2. The van der Waals surface area contributed by atoms with Crippen molar-refractivity contribution in [2.75, 3.05) is 18.8 Å². The molecule has 0 amide bonds. The van der Waals surface area contributed by atoms with E-state index in [9.17, 15) is 16.8 Å². The average molecular weight is 478 g/mol. The molecule has 11 heteroatoms. The summed E-state index contributed by atoms with van der Waals surface area (Å²) in [7, 11) is -6.86. The lowest BCUT2D eigenvalue weighted by molar-refractivity contribution is 0.440. The molecule has 2 aromatic rings. The number of hydrogen-bond acceptors (Lipinski definition) is 7. The Morgan fingerprint density at radius 2 is 1.75 bits per heavy atom. The number of sulfonamides is 2. The molecule has 9 nitrogen and oxygen atoms in total. The Hall–Kier alpha value is -2.34. The van der Waals surface area contributed by atoms with Crippen molar-refractivity contribution in [1.29, 1.82) is 0 Å². The standard InChI is InChI=1S/C21H27N5O4S2/c22-21-24-17(3-1-2-15-4-6-18(7-5-15)31(23,27)28)14-20(25-21)16-10-12-26(13-11-16)32(29,30)19-8-9-19/h4-7,10,14,19H,1-3,8-9,11-13H2,(H2,22,24,25)(H2,23,27,28). The third-order valence-corrected chi connectivity index (χ3v) is 9.05. The second-order valence-electron chi connectivity index (χ2n) is 8.23. The largest absolute Gasteiger partial charge is 0.368 e. The van der Waals surface area contributed by atoms with Crippen LogP contribution in [0.1, 0.15) is 42.6 Å². The van der Waals surface area contributed by atoms with Crippen molar-refractivity contribution in [2.24, 2.45) is 5.14 Å². The Morgan fingerprint density at radius 1 is 1.03 bits per heavy atom. The van der Waals surface area contributed by atoms with Crippen molar-refractivity contribution in [3.05, 3.63) is 53.4 Å². The summed E-state index contributed by atoms with van der Waals surface area (Å²) in [5.74, 6) is 0.198. The molecule has 2 aliphatic rings. The SMILES string of the molecule is Nc1nc(CCCc2ccc(S(N)(=O)=O)cc2)cc(C2=CCN(S(=O)(=O)C3CC3)CC2)n1. The first-order chi connectivity index (χ1) is 15.1. The number of primary sulfonamides is 1. The number of nitrogens with two attached hydrogens (primary N) is 2. The first kappa shape index (κ1) is 22.8. The third kappa shape index (κ3) is 5.34. The van der Waals surface area contributed by atoms with Gasteiger partial charge in [0, 0.05) is 18.8 Å². The maximum absolute atomic E-state index is 12.4. The highest BCUT2D eigenvalue weighted by Crippen LogP contribution is 2.33. The Balaban J connectivity index is 1.38. The molecule has 1 aromatic carbocycles. The van der Waals surface area contributed by atoms with E-state index in [0.29, 0.717) is 25.9 Å². The monoisotopic (exact) mass is 477 g/mol. The van der Waals surface area contributed by atoms with E-state index in [2.05, 4.69) is 9.97 Å². The van der Waals surface area contributed by atoms with Gasteiger partial charge in [0.2, 0.25) is 26.0 Å². The van der Waals surface area contributed by atoms with Gasteiger partial charge in [0.25, 0.3) is 0 Å². The van der Waals surface area contributed by atoms with Crippen LogP contribution < -0.4 is 10.9 Å². The zero-order chi connectivity index (χ0) is 22.9. The van der Waals surface area contributed by atoms with Crippen LogP contribution in [0.3, 0.4) is 0 Å². The minimum Gasteiger partial charge on any atom is -0.368 e. The first-order valence-electron chi connectivity index (χ1n) is 10.6. The van der Waals surface area contributed by atoms with E-state index in [1.807, 2.05) is 12.1 Å². The Bertz CT molecular complexity index is 1240. The van der Waals surface area contributed by atoms with E-state index >= 15 is 0 Å². The number of nitrogens with zero attached hydrogens (tertiary/aromatic N) is 3. The molecule has 4 rings (SSSR count). The second kappa shape index (κ2) is 8.89. The maximum atomic E-state index is 12.4. The van der Waals surface area contributed by atoms with Gasteiger partial charge >= 0.3 is 0 Å². The summed E-state index contributed by atoms with van der Waals surface area (Å²) in [6, 6.07) is 8.44. The smallest absolute Gasteiger partial charge is 0.238 e. The van der Waals surface area contributed by atoms with Gasteiger partial charge in [-0.1, -0.05) is 18.2 Å². The Morgan fingerprint density at radius 3 is 2.34 bits per heavy atom. The second-order valence-corrected chi connectivity index (χ2v) is 12.0. The minimum atomic E-state index is -3.69. The summed E-state index contributed by atoms with van der Waals surface area (Å²) < 4.78 is 49.1. The van der Waals surface area contributed by atoms with Gasteiger partial charge in [0.1, 0.15) is 0 Å². The van der Waals surface area contributed by atoms with Crippen LogP contribution in [0.2, 0.25) is 0 Å². The number of hydrogen-bond donors (Lipinski definition) is 2. The van der Waals surface area contributed by atoms with Crippen molar-refractivity contribution >= 4 is 31.6 Å². The highest BCUT2D eigenvalue weighted by molar-refractivity contribution is 7.90. The summed E-state index contributed by atoms with van der Waals surface area (Å²) in [4.78, 5) is 8.78. The zero-order valence-electron chi connectivity index (χ0n) is 17.6. The van der Waals surface area contributed by atoms with Gasteiger partial charge in [0.15, 0.2) is 0 Å². The van der Waals surface area contributed by atoms with E-state index in [1.54, 1.807) is 16.4 Å². The van der Waals surface area contributed by atoms with E-state index < -0.39 is 20.0 Å². The van der Waals surface area contributed by atoms with Crippen LogP contribution >= 0.6 is 0 Å². The van der Waals surface area contributed by atoms with Gasteiger partial charge in [0.05, 0.1) is 15.8 Å². The molecule has 1 fully saturated rings. The molecule has 1 aliphatic carbocycles. The number of rotatable bonds is 8. The molecule has 2 heterocycles. The van der Waals surface area contributed by atoms with Crippen molar-refractivity contribution in [1.82, 2.24) is 14.3 Å². The van der Waals surface area contributed by atoms with E-state index in [1.165, 1.54) is 12.1 Å². The van der Waals surface area contributed by atoms with Crippen LogP contribution in [-0.4, -0.2) is 49.4 Å². The molecule has 4 N–H and O–H groups in total. The lowest BCUT2D eigenvalue weighted by atomic mass is 10.0. The van der Waals surface area contributed by atoms with Crippen LogP contribution in [0, 0.1) is 0 Å². The number of benzene rings is 1. The fraction of sp³-hybridized carbons (Fsp3) is 0.429. The molecule has 0 spiro atoms. The molecule has 0 saturated heterocycles. The number of aryl methyl sites for hydroxylation is 2. The molecule has 0 radical (unpaired) electrons. The highest BCUT2D eigenvalue weighted by Gasteiger charge is 2.40. The van der Waals surface area contributed by atoms with Gasteiger partial charge < -0.3 is 5.73 Å². The summed E-state index contributed by atoms with van der Waals surface area (Å²) >= 11 is 0. The molecular weight excluding hydrogens is 450 g/mol. The topological polar surface area (TPSA) is 149 Å². The van der Waals surface area contributed by atoms with Crippen molar-refractivity contribution in [2.45, 2.75) is 48.7 Å².